The van der Waals surface area contributed by atoms with Crippen LogP contribution in [0.5, 0.6) is 5.75 Å². The van der Waals surface area contributed by atoms with Gasteiger partial charge in [0.15, 0.2) is 0 Å². The zero-order valence-electron chi connectivity index (χ0n) is 13.3. The number of nitrogens with two attached hydrogens (primary N) is 1. The molecule has 22 heavy (non-hydrogen) atoms. The highest BCUT2D eigenvalue weighted by Crippen LogP contribution is 2.36. The molecule has 0 saturated heterocycles. The summed E-state index contributed by atoms with van der Waals surface area (Å²) in [6.45, 7) is 0.743. The third-order valence-corrected chi connectivity index (χ3v) is 4.14. The van der Waals surface area contributed by atoms with Crippen LogP contribution in [-0.4, -0.2) is 19.6 Å². The number of fused-ring (bicyclic) bond motifs is 1. The fourth-order valence-electron chi connectivity index (χ4n) is 3.01. The van der Waals surface area contributed by atoms with Gasteiger partial charge < -0.3 is 15.8 Å². The van der Waals surface area contributed by atoms with Crippen molar-refractivity contribution < 1.29 is 9.53 Å². The molecule has 0 spiro atoms. The third kappa shape index (κ3) is 4.89. The van der Waals surface area contributed by atoms with Gasteiger partial charge in [-0.15, -0.1) is 12.4 Å². The van der Waals surface area contributed by atoms with Crippen molar-refractivity contribution in [1.29, 1.82) is 0 Å². The van der Waals surface area contributed by atoms with E-state index >= 15 is 0 Å². The summed E-state index contributed by atoms with van der Waals surface area (Å²) in [5, 5.41) is 3.16. The van der Waals surface area contributed by atoms with Gasteiger partial charge in [0.2, 0.25) is 5.91 Å². The topological polar surface area (TPSA) is 64.3 Å². The predicted octanol–water partition coefficient (Wildman–Crippen LogP) is 3.13. The van der Waals surface area contributed by atoms with Gasteiger partial charge >= 0.3 is 0 Å². The first-order valence-corrected chi connectivity index (χ1v) is 7.91. The Morgan fingerprint density at radius 1 is 1.32 bits per heavy atom. The van der Waals surface area contributed by atoms with E-state index in [9.17, 15) is 4.79 Å². The second-order valence-corrected chi connectivity index (χ2v) is 5.64. The number of halogens is 1. The fraction of sp³-hybridized carbons (Fsp3) is 0.588. The predicted molar refractivity (Wildman–Crippen MR) is 91.6 cm³/mol. The highest BCUT2D eigenvalue weighted by molar-refractivity contribution is 5.85. The first-order valence-electron chi connectivity index (χ1n) is 7.91. The van der Waals surface area contributed by atoms with Crippen molar-refractivity contribution in [2.75, 3.05) is 13.7 Å². The summed E-state index contributed by atoms with van der Waals surface area (Å²) in [5.41, 5.74) is 7.92. The number of unbranched alkanes of at least 4 members (excludes halogenated alkanes) is 3. The number of ether oxygens (including phenoxy) is 1. The van der Waals surface area contributed by atoms with E-state index in [0.717, 1.165) is 50.8 Å². The van der Waals surface area contributed by atoms with Gasteiger partial charge in [0, 0.05) is 6.42 Å². The van der Waals surface area contributed by atoms with Crippen molar-refractivity contribution in [3.8, 4) is 5.75 Å². The molecule has 1 unspecified atom stereocenters. The minimum Gasteiger partial charge on any atom is -0.496 e. The van der Waals surface area contributed by atoms with Crippen molar-refractivity contribution in [2.24, 2.45) is 5.73 Å². The van der Waals surface area contributed by atoms with E-state index in [1.165, 1.54) is 11.1 Å². The van der Waals surface area contributed by atoms with Crippen LogP contribution >= 0.6 is 12.4 Å². The first kappa shape index (κ1) is 18.8. The molecule has 0 fully saturated rings. The van der Waals surface area contributed by atoms with Gasteiger partial charge in [-0.3, -0.25) is 4.79 Å². The average Bonchev–Trinajstić information content (AvgIpc) is 2.90. The van der Waals surface area contributed by atoms with Crippen LogP contribution in [0.15, 0.2) is 18.2 Å². The summed E-state index contributed by atoms with van der Waals surface area (Å²) < 4.78 is 5.39. The lowest BCUT2D eigenvalue weighted by Gasteiger charge is -2.15. The second kappa shape index (κ2) is 9.70. The molecule has 0 saturated carbocycles. The van der Waals surface area contributed by atoms with Crippen LogP contribution in [0.2, 0.25) is 0 Å². The maximum Gasteiger partial charge on any atom is 0.220 e. The van der Waals surface area contributed by atoms with Crippen LogP contribution in [0.25, 0.3) is 0 Å². The second-order valence-electron chi connectivity index (χ2n) is 5.64. The molecule has 1 aromatic carbocycles. The highest BCUT2D eigenvalue weighted by atomic mass is 35.5. The maximum atomic E-state index is 12.0. The lowest BCUT2D eigenvalue weighted by Crippen LogP contribution is -2.26. The van der Waals surface area contributed by atoms with E-state index in [1.54, 1.807) is 7.11 Å². The quantitative estimate of drug-likeness (QED) is 0.721. The number of methoxy groups -OCH3 is 1. The van der Waals surface area contributed by atoms with Crippen LogP contribution in [0.4, 0.5) is 0 Å². The van der Waals surface area contributed by atoms with E-state index in [0.29, 0.717) is 6.42 Å². The largest absolute Gasteiger partial charge is 0.496 e. The smallest absolute Gasteiger partial charge is 0.220 e. The van der Waals surface area contributed by atoms with E-state index in [-0.39, 0.29) is 24.4 Å². The van der Waals surface area contributed by atoms with Gasteiger partial charge in [0.1, 0.15) is 5.75 Å². The molecule has 1 aliphatic rings. The van der Waals surface area contributed by atoms with Crippen LogP contribution in [-0.2, 0) is 11.2 Å². The summed E-state index contributed by atoms with van der Waals surface area (Å²) in [7, 11) is 1.70. The number of rotatable bonds is 8. The van der Waals surface area contributed by atoms with Crippen LogP contribution in [0.3, 0.4) is 0 Å². The van der Waals surface area contributed by atoms with Crippen molar-refractivity contribution >= 4 is 18.3 Å². The number of carbonyl (C=O) groups is 1. The van der Waals surface area contributed by atoms with Gasteiger partial charge in [0.05, 0.1) is 13.2 Å². The summed E-state index contributed by atoms with van der Waals surface area (Å²) in [4.78, 5) is 12.0. The van der Waals surface area contributed by atoms with Gasteiger partial charge in [-0.25, -0.2) is 0 Å². The minimum atomic E-state index is 0. The SMILES string of the molecule is COc1cccc2c1CCC2NC(=O)CCCCCCN.Cl. The molecule has 1 aliphatic carbocycles. The molecule has 124 valence electrons. The normalized spacial score (nSPS) is 15.8. The molecule has 0 bridgehead atoms. The molecule has 1 amide bonds. The zero-order valence-corrected chi connectivity index (χ0v) is 14.1. The van der Waals surface area contributed by atoms with Crippen LogP contribution in [0, 0.1) is 0 Å². The number of nitrogens with one attached hydrogen (secondary N) is 1. The summed E-state index contributed by atoms with van der Waals surface area (Å²) >= 11 is 0. The molecule has 2 rings (SSSR count). The van der Waals surface area contributed by atoms with Crippen molar-refractivity contribution in [3.05, 3.63) is 29.3 Å². The molecule has 1 aromatic rings. The molecule has 5 heteroatoms. The molecule has 0 aromatic heterocycles. The lowest BCUT2D eigenvalue weighted by molar-refractivity contribution is -0.121. The van der Waals surface area contributed by atoms with Crippen molar-refractivity contribution in [1.82, 2.24) is 5.32 Å². The molecular formula is C17H27ClN2O2. The fourth-order valence-corrected chi connectivity index (χ4v) is 3.01. The number of benzene rings is 1. The van der Waals surface area contributed by atoms with Gasteiger partial charge in [-0.1, -0.05) is 25.0 Å². The highest BCUT2D eigenvalue weighted by Gasteiger charge is 2.25. The Kier molecular flexibility index (Phi) is 8.28. The standard InChI is InChI=1S/C17H26N2O2.ClH/c1-21-16-8-6-7-13-14(16)10-11-15(13)19-17(20)9-4-2-3-5-12-18;/h6-8,15H,2-5,9-12,18H2,1H3,(H,19,20);1H. The molecule has 0 aliphatic heterocycles. The van der Waals surface area contributed by atoms with E-state index in [4.69, 9.17) is 10.5 Å². The van der Waals surface area contributed by atoms with Crippen molar-refractivity contribution in [3.63, 3.8) is 0 Å². The first-order chi connectivity index (χ1) is 10.3. The van der Waals surface area contributed by atoms with Crippen molar-refractivity contribution in [2.45, 2.75) is 51.0 Å². The molecule has 3 N–H and O–H groups in total. The number of carbonyl (C=O) groups excluding carboxylic acids is 1. The molecular weight excluding hydrogens is 300 g/mol. The van der Waals surface area contributed by atoms with Crippen LogP contribution < -0.4 is 15.8 Å². The summed E-state index contributed by atoms with van der Waals surface area (Å²) in [5.74, 6) is 1.09. The molecule has 4 nitrogen and oxygen atoms in total. The third-order valence-electron chi connectivity index (χ3n) is 4.14. The molecule has 0 radical (unpaired) electrons. The van der Waals surface area contributed by atoms with Crippen LogP contribution in [0.1, 0.15) is 55.7 Å². The number of hydrogen-bond acceptors (Lipinski definition) is 3. The van der Waals surface area contributed by atoms with Gasteiger partial charge in [-0.2, -0.15) is 0 Å². The van der Waals surface area contributed by atoms with E-state index in [2.05, 4.69) is 11.4 Å². The number of hydrogen-bond donors (Lipinski definition) is 2. The Hall–Kier alpha value is -1.26. The molecule has 0 heterocycles. The Labute approximate surface area is 139 Å². The Morgan fingerprint density at radius 2 is 2.09 bits per heavy atom. The Morgan fingerprint density at radius 3 is 2.82 bits per heavy atom. The van der Waals surface area contributed by atoms with Gasteiger partial charge in [-0.05, 0) is 49.4 Å². The van der Waals surface area contributed by atoms with E-state index < -0.39 is 0 Å². The average molecular weight is 327 g/mol. The maximum absolute atomic E-state index is 12.0. The summed E-state index contributed by atoms with van der Waals surface area (Å²) in [6, 6.07) is 6.22. The Bertz CT molecular complexity index is 480. The van der Waals surface area contributed by atoms with Gasteiger partial charge in [0.25, 0.3) is 0 Å². The molecule has 1 atom stereocenters. The zero-order chi connectivity index (χ0) is 15.1. The Balaban J connectivity index is 0.00000242. The minimum absolute atomic E-state index is 0. The number of amides is 1. The lowest BCUT2D eigenvalue weighted by atomic mass is 10.1. The summed E-state index contributed by atoms with van der Waals surface area (Å²) in [6.07, 6.45) is 6.75. The van der Waals surface area contributed by atoms with E-state index in [1.807, 2.05) is 12.1 Å². The monoisotopic (exact) mass is 326 g/mol.